The molecule has 57 heavy (non-hydrogen) atoms. The quantitative estimate of drug-likeness (QED) is 0.173. The summed E-state index contributed by atoms with van der Waals surface area (Å²) in [4.78, 5) is 34.7. The van der Waals surface area contributed by atoms with Gasteiger partial charge in [-0.05, 0) is 86.3 Å². The number of carbonyl (C=O) groups excluding carboxylic acids is 1. The van der Waals surface area contributed by atoms with Gasteiger partial charge >= 0.3 is 6.01 Å². The lowest BCUT2D eigenvalue weighted by Crippen LogP contribution is -2.60. The second-order valence-electron chi connectivity index (χ2n) is 18.1. The summed E-state index contributed by atoms with van der Waals surface area (Å²) in [6.07, 6.45) is 11.2. The number of carbonyl (C=O) groups is 1. The molecule has 1 amide bonds. The second-order valence-corrected chi connectivity index (χ2v) is 18.1. The third kappa shape index (κ3) is 6.04. The summed E-state index contributed by atoms with van der Waals surface area (Å²) in [6.45, 7) is 8.14. The first-order chi connectivity index (χ1) is 27.4. The standard InChI is InChI=1S/C44H47F3N6O4/c1-5-31-33(45)9-6-24-13-30(54)14-32(34(24)31)37-36(46)38-35(40(48-37)56-4)39(50-42(49-38)57-22-43(10-11-43)21-51-17-25-12-26(25)18-51)52-19-28-7-8-29(20-52)53(28)41(55)27-15-44(47,16-27)23(2)3/h1,6,9,13-14,23,25-29,54H,7-8,10-12,15-22H2,2-4H3. The molecule has 3 saturated heterocycles. The van der Waals surface area contributed by atoms with E-state index in [2.05, 4.69) is 15.8 Å². The monoisotopic (exact) mass is 780 g/mol. The highest BCUT2D eigenvalue weighted by molar-refractivity contribution is 6.04. The van der Waals surface area contributed by atoms with Crippen molar-refractivity contribution in [2.45, 2.75) is 76.5 Å². The van der Waals surface area contributed by atoms with Crippen LogP contribution in [0.4, 0.5) is 19.0 Å². The third-order valence-corrected chi connectivity index (χ3v) is 14.0. The molecule has 6 fully saturated rings. The smallest absolute Gasteiger partial charge is 0.319 e. The van der Waals surface area contributed by atoms with Crippen molar-refractivity contribution in [1.82, 2.24) is 24.8 Å². The Bertz CT molecular complexity index is 2350. The van der Waals surface area contributed by atoms with Crippen molar-refractivity contribution in [3.63, 3.8) is 0 Å². The van der Waals surface area contributed by atoms with Crippen molar-refractivity contribution in [1.29, 1.82) is 0 Å². The largest absolute Gasteiger partial charge is 0.508 e. The van der Waals surface area contributed by atoms with Crippen molar-refractivity contribution in [3.05, 3.63) is 41.5 Å². The molecule has 4 atom stereocenters. The number of hydrogen-bond acceptors (Lipinski definition) is 9. The maximum Gasteiger partial charge on any atom is 0.319 e. The number of phenolic OH excluding ortho intramolecular Hbond substituents is 1. The second kappa shape index (κ2) is 13.1. The van der Waals surface area contributed by atoms with Gasteiger partial charge in [-0.25, -0.2) is 18.2 Å². The number of aromatic hydroxyl groups is 1. The van der Waals surface area contributed by atoms with Crippen LogP contribution in [0.15, 0.2) is 24.3 Å². The van der Waals surface area contributed by atoms with Crippen LogP contribution in [0.25, 0.3) is 32.9 Å². The topological polar surface area (TPSA) is 104 Å². The third-order valence-electron chi connectivity index (χ3n) is 14.0. The number of pyridine rings is 1. The van der Waals surface area contributed by atoms with Crippen LogP contribution in [0, 0.1) is 53.1 Å². The molecule has 2 bridgehead atoms. The number of likely N-dealkylation sites (tertiary alicyclic amines) is 1. The summed E-state index contributed by atoms with van der Waals surface area (Å²) in [5.41, 5.74) is -1.68. The number of terminal acetylenes is 1. The average Bonchev–Trinajstić information content (AvgIpc) is 4.06. The highest BCUT2D eigenvalue weighted by Gasteiger charge is 2.54. The Balaban J connectivity index is 1.04. The Kier molecular flexibility index (Phi) is 8.39. The number of piperazine rings is 1. The molecule has 0 spiro atoms. The van der Waals surface area contributed by atoms with Gasteiger partial charge in [0.25, 0.3) is 0 Å². The Morgan fingerprint density at radius 1 is 1.04 bits per heavy atom. The first-order valence-corrected chi connectivity index (χ1v) is 20.4. The van der Waals surface area contributed by atoms with E-state index in [1.807, 2.05) is 23.6 Å². The van der Waals surface area contributed by atoms with Crippen LogP contribution < -0.4 is 14.4 Å². The zero-order chi connectivity index (χ0) is 39.5. The van der Waals surface area contributed by atoms with E-state index in [9.17, 15) is 9.90 Å². The van der Waals surface area contributed by atoms with E-state index in [-0.39, 0.29) is 98.8 Å². The fraction of sp³-hybridized carbons (Fsp3) is 0.545. The van der Waals surface area contributed by atoms with Crippen LogP contribution in [-0.4, -0.2) is 100.0 Å². The molecule has 10 nitrogen and oxygen atoms in total. The van der Waals surface area contributed by atoms with Crippen LogP contribution >= 0.6 is 0 Å². The summed E-state index contributed by atoms with van der Waals surface area (Å²) >= 11 is 0. The molecule has 0 radical (unpaired) electrons. The van der Waals surface area contributed by atoms with Crippen molar-refractivity contribution >= 4 is 33.4 Å². The molecule has 1 N–H and O–H groups in total. The minimum atomic E-state index is -1.31. The van der Waals surface area contributed by atoms with E-state index in [1.54, 1.807) is 0 Å². The van der Waals surface area contributed by atoms with Crippen LogP contribution in [0.2, 0.25) is 0 Å². The van der Waals surface area contributed by atoms with Crippen LogP contribution in [0.3, 0.4) is 0 Å². The van der Waals surface area contributed by atoms with E-state index in [4.69, 9.17) is 25.9 Å². The predicted molar refractivity (Wildman–Crippen MR) is 209 cm³/mol. The van der Waals surface area contributed by atoms with Crippen LogP contribution in [-0.2, 0) is 4.79 Å². The molecule has 298 valence electrons. The maximum atomic E-state index is 17.4. The number of benzene rings is 2. The number of amides is 1. The molecule has 2 aromatic heterocycles. The lowest BCUT2D eigenvalue weighted by atomic mass is 9.66. The zero-order valence-corrected chi connectivity index (χ0v) is 32.5. The minimum absolute atomic E-state index is 0.00808. The van der Waals surface area contributed by atoms with Gasteiger partial charge in [0.2, 0.25) is 11.8 Å². The number of fused-ring (bicyclic) bond motifs is 5. The van der Waals surface area contributed by atoms with Crippen molar-refractivity contribution < 1.29 is 32.5 Å². The highest BCUT2D eigenvalue weighted by Crippen LogP contribution is 2.52. The van der Waals surface area contributed by atoms with Crippen molar-refractivity contribution in [3.8, 4) is 41.2 Å². The number of aromatic nitrogens is 3. The molecule has 4 unspecified atom stereocenters. The minimum Gasteiger partial charge on any atom is -0.508 e. The summed E-state index contributed by atoms with van der Waals surface area (Å²) in [6, 6.07) is 5.15. The number of rotatable bonds is 10. The van der Waals surface area contributed by atoms with Gasteiger partial charge in [0.1, 0.15) is 39.7 Å². The molecule has 3 aliphatic carbocycles. The normalized spacial score (nSPS) is 28.4. The first-order valence-electron chi connectivity index (χ1n) is 20.4. The zero-order valence-electron chi connectivity index (χ0n) is 32.5. The summed E-state index contributed by atoms with van der Waals surface area (Å²) in [5, 5.41) is 11.6. The molecule has 5 heterocycles. The molecule has 6 aliphatic rings. The predicted octanol–water partition coefficient (Wildman–Crippen LogP) is 6.88. The first kappa shape index (κ1) is 36.5. The highest BCUT2D eigenvalue weighted by atomic mass is 19.1. The van der Waals surface area contributed by atoms with E-state index < -0.39 is 17.3 Å². The Morgan fingerprint density at radius 3 is 2.40 bits per heavy atom. The van der Waals surface area contributed by atoms with Crippen molar-refractivity contribution in [2.24, 2.45) is 29.1 Å². The van der Waals surface area contributed by atoms with E-state index in [1.165, 1.54) is 37.8 Å². The molecule has 4 aromatic rings. The number of alkyl halides is 1. The summed E-state index contributed by atoms with van der Waals surface area (Å²) < 4.78 is 60.0. The summed E-state index contributed by atoms with van der Waals surface area (Å²) in [7, 11) is 1.42. The van der Waals surface area contributed by atoms with Gasteiger partial charge < -0.3 is 29.3 Å². The lowest BCUT2D eigenvalue weighted by Gasteiger charge is -2.48. The van der Waals surface area contributed by atoms with E-state index >= 15 is 13.2 Å². The Hall–Kier alpha value is -4.83. The van der Waals surface area contributed by atoms with E-state index in [0.717, 1.165) is 57.2 Å². The summed E-state index contributed by atoms with van der Waals surface area (Å²) in [5.74, 6) is 2.28. The molecule has 3 saturated carbocycles. The van der Waals surface area contributed by atoms with Gasteiger partial charge in [-0.1, -0.05) is 25.8 Å². The van der Waals surface area contributed by atoms with E-state index in [0.29, 0.717) is 30.9 Å². The van der Waals surface area contributed by atoms with Gasteiger partial charge in [-0.3, -0.25) is 4.79 Å². The van der Waals surface area contributed by atoms with Gasteiger partial charge in [0.05, 0.1) is 19.3 Å². The fourth-order valence-corrected chi connectivity index (χ4v) is 10.4. The maximum absolute atomic E-state index is 17.4. The van der Waals surface area contributed by atoms with Crippen LogP contribution in [0.5, 0.6) is 17.6 Å². The fourth-order valence-electron chi connectivity index (χ4n) is 10.4. The molecular weight excluding hydrogens is 734 g/mol. The molecular formula is C44H47F3N6O4. The number of hydrogen-bond donors (Lipinski definition) is 1. The number of anilines is 1. The number of ether oxygens (including phenoxy) is 2. The van der Waals surface area contributed by atoms with Gasteiger partial charge in [-0.2, -0.15) is 9.97 Å². The molecule has 13 heteroatoms. The number of halogens is 3. The van der Waals surface area contributed by atoms with Crippen molar-refractivity contribution in [2.75, 3.05) is 51.3 Å². The van der Waals surface area contributed by atoms with Gasteiger partial charge in [0.15, 0.2) is 5.82 Å². The number of piperidine rings is 1. The number of methoxy groups -OCH3 is 1. The SMILES string of the molecule is C#Cc1c(F)ccc2cc(O)cc(-c3nc(OC)c4c(N5CC6CCC(C5)N6C(=O)C5CC(F)(C(C)C)C5)nc(OCC5(CN6CC7CC7C6)CC5)nc4c3F)c12. The van der Waals surface area contributed by atoms with Crippen LogP contribution in [0.1, 0.15) is 64.4 Å². The molecule has 3 aliphatic heterocycles. The Morgan fingerprint density at radius 2 is 1.75 bits per heavy atom. The van der Waals surface area contributed by atoms with Gasteiger partial charge in [-0.15, -0.1) is 6.42 Å². The van der Waals surface area contributed by atoms with Gasteiger partial charge in [0, 0.05) is 67.1 Å². The number of nitrogens with zero attached hydrogens (tertiary/aromatic N) is 6. The lowest BCUT2D eigenvalue weighted by molar-refractivity contribution is -0.151. The molecule has 10 rings (SSSR count). The number of phenols is 1. The molecule has 2 aromatic carbocycles. The average molecular weight is 781 g/mol. The Labute approximate surface area is 329 Å².